The van der Waals surface area contributed by atoms with Gasteiger partial charge in [-0.3, -0.25) is 4.90 Å². The number of nitrogens with two attached hydrogens (primary N) is 1. The zero-order valence-corrected chi connectivity index (χ0v) is 13.5. The molecule has 0 amide bonds. The zero-order chi connectivity index (χ0) is 14.3. The lowest BCUT2D eigenvalue weighted by Crippen LogP contribution is -2.64. The summed E-state index contributed by atoms with van der Waals surface area (Å²) < 4.78 is 0. The van der Waals surface area contributed by atoms with Crippen molar-refractivity contribution < 1.29 is 0 Å². The van der Waals surface area contributed by atoms with E-state index in [0.717, 1.165) is 18.6 Å². The summed E-state index contributed by atoms with van der Waals surface area (Å²) in [6.07, 6.45) is 8.02. The van der Waals surface area contributed by atoms with Gasteiger partial charge in [0.1, 0.15) is 0 Å². The molecule has 0 spiro atoms. The van der Waals surface area contributed by atoms with Gasteiger partial charge >= 0.3 is 0 Å². The molecule has 0 saturated carbocycles. The van der Waals surface area contributed by atoms with Gasteiger partial charge in [0.15, 0.2) is 0 Å². The van der Waals surface area contributed by atoms with Crippen LogP contribution >= 0.6 is 0 Å². The second-order valence-electron chi connectivity index (χ2n) is 7.59. The minimum Gasteiger partial charge on any atom is -0.329 e. The van der Waals surface area contributed by atoms with E-state index < -0.39 is 0 Å². The molecule has 0 aliphatic carbocycles. The van der Waals surface area contributed by atoms with Gasteiger partial charge in [-0.2, -0.15) is 0 Å². The molecule has 0 radical (unpaired) electrons. The highest BCUT2D eigenvalue weighted by Crippen LogP contribution is 2.43. The predicted molar refractivity (Wildman–Crippen MR) is 83.9 cm³/mol. The number of piperidine rings is 2. The molecule has 3 saturated heterocycles. The lowest BCUT2D eigenvalue weighted by atomic mass is 9.80. The average Bonchev–Trinajstić information content (AvgIpc) is 2.69. The zero-order valence-electron chi connectivity index (χ0n) is 13.5. The van der Waals surface area contributed by atoms with Crippen LogP contribution in [0.4, 0.5) is 0 Å². The summed E-state index contributed by atoms with van der Waals surface area (Å²) in [5.41, 5.74) is 6.60. The Kier molecular flexibility index (Phi) is 4.10. The summed E-state index contributed by atoms with van der Waals surface area (Å²) in [4.78, 5) is 7.79. The number of fused-ring (bicyclic) bond motifs is 2. The molecule has 4 heteroatoms. The monoisotopic (exact) mass is 280 g/mol. The molecule has 2 N–H and O–H groups in total. The third kappa shape index (κ3) is 2.41. The topological polar surface area (TPSA) is 35.7 Å². The van der Waals surface area contributed by atoms with Crippen LogP contribution in [-0.2, 0) is 0 Å². The third-order valence-corrected chi connectivity index (χ3v) is 6.39. The molecule has 3 aliphatic heterocycles. The summed E-state index contributed by atoms with van der Waals surface area (Å²) in [7, 11) is 6.77. The Hall–Kier alpha value is -0.160. The second-order valence-corrected chi connectivity index (χ2v) is 7.59. The highest BCUT2D eigenvalue weighted by molar-refractivity contribution is 5.07. The lowest BCUT2D eigenvalue weighted by molar-refractivity contribution is -0.0257. The number of nitrogens with zero attached hydrogens (tertiary/aromatic N) is 3. The van der Waals surface area contributed by atoms with Gasteiger partial charge in [0.2, 0.25) is 0 Å². The second kappa shape index (κ2) is 5.56. The van der Waals surface area contributed by atoms with Crippen molar-refractivity contribution in [1.29, 1.82) is 0 Å². The molecule has 116 valence electrons. The minimum atomic E-state index is 0.285. The quantitative estimate of drug-likeness (QED) is 0.835. The van der Waals surface area contributed by atoms with Crippen LogP contribution in [0, 0.1) is 0 Å². The number of likely N-dealkylation sites (tertiary alicyclic amines) is 1. The van der Waals surface area contributed by atoms with Crippen molar-refractivity contribution in [1.82, 2.24) is 14.7 Å². The van der Waals surface area contributed by atoms with Crippen LogP contribution in [0.15, 0.2) is 0 Å². The molecule has 0 aromatic carbocycles. The van der Waals surface area contributed by atoms with Gasteiger partial charge in [-0.15, -0.1) is 0 Å². The first kappa shape index (κ1) is 14.8. The van der Waals surface area contributed by atoms with E-state index in [1.54, 1.807) is 0 Å². The fraction of sp³-hybridized carbons (Fsp3) is 1.00. The van der Waals surface area contributed by atoms with E-state index in [-0.39, 0.29) is 5.54 Å². The Balaban J connectivity index is 1.76. The molecule has 3 unspecified atom stereocenters. The number of hydrogen-bond acceptors (Lipinski definition) is 4. The first-order valence-electron chi connectivity index (χ1n) is 8.39. The van der Waals surface area contributed by atoms with Gasteiger partial charge in [0.25, 0.3) is 0 Å². The maximum atomic E-state index is 6.31. The van der Waals surface area contributed by atoms with E-state index in [2.05, 4.69) is 35.8 Å². The Morgan fingerprint density at radius 2 is 1.80 bits per heavy atom. The largest absolute Gasteiger partial charge is 0.329 e. The van der Waals surface area contributed by atoms with Crippen molar-refractivity contribution in [3.05, 3.63) is 0 Å². The molecule has 2 bridgehead atoms. The molecule has 3 heterocycles. The van der Waals surface area contributed by atoms with Crippen molar-refractivity contribution in [3.8, 4) is 0 Å². The SMILES string of the molecule is CN(C)C1CCCN(C2(CN)CC3CCC(C2)N3C)C1. The maximum absolute atomic E-state index is 6.31. The van der Waals surface area contributed by atoms with Crippen molar-refractivity contribution in [3.63, 3.8) is 0 Å². The van der Waals surface area contributed by atoms with E-state index in [4.69, 9.17) is 5.73 Å². The predicted octanol–water partition coefficient (Wildman–Crippen LogP) is 0.967. The molecule has 4 nitrogen and oxygen atoms in total. The molecular formula is C16H32N4. The highest BCUT2D eigenvalue weighted by atomic mass is 15.3. The summed E-state index contributed by atoms with van der Waals surface area (Å²) in [6.45, 7) is 3.31. The Morgan fingerprint density at radius 3 is 2.35 bits per heavy atom. The summed E-state index contributed by atoms with van der Waals surface area (Å²) >= 11 is 0. The van der Waals surface area contributed by atoms with Crippen molar-refractivity contribution >= 4 is 0 Å². The van der Waals surface area contributed by atoms with Gasteiger partial charge < -0.3 is 15.5 Å². The Bertz CT molecular complexity index is 329. The highest BCUT2D eigenvalue weighted by Gasteiger charge is 2.49. The van der Waals surface area contributed by atoms with Crippen LogP contribution in [-0.4, -0.2) is 79.1 Å². The Labute approximate surface area is 124 Å². The van der Waals surface area contributed by atoms with E-state index in [1.807, 2.05) is 0 Å². The first-order valence-corrected chi connectivity index (χ1v) is 8.39. The number of likely N-dealkylation sites (N-methyl/N-ethyl adjacent to an activating group) is 1. The fourth-order valence-corrected chi connectivity index (χ4v) is 4.90. The maximum Gasteiger partial charge on any atom is 0.0362 e. The first-order chi connectivity index (χ1) is 9.55. The van der Waals surface area contributed by atoms with Crippen LogP contribution < -0.4 is 5.73 Å². The van der Waals surface area contributed by atoms with Gasteiger partial charge in [-0.25, -0.2) is 0 Å². The van der Waals surface area contributed by atoms with Gasteiger partial charge in [0, 0.05) is 36.8 Å². The molecule has 3 aliphatic rings. The molecule has 3 rings (SSSR count). The normalized spacial score (nSPS) is 43.4. The molecule has 3 atom stereocenters. The van der Waals surface area contributed by atoms with Crippen molar-refractivity contribution in [2.24, 2.45) is 5.73 Å². The summed E-state index contributed by atoms with van der Waals surface area (Å²) in [5.74, 6) is 0. The van der Waals surface area contributed by atoms with Crippen LogP contribution in [0.25, 0.3) is 0 Å². The molecule has 0 aromatic rings. The smallest absolute Gasteiger partial charge is 0.0362 e. The fourth-order valence-electron chi connectivity index (χ4n) is 4.90. The lowest BCUT2D eigenvalue weighted by Gasteiger charge is -2.53. The Morgan fingerprint density at radius 1 is 1.15 bits per heavy atom. The van der Waals surface area contributed by atoms with Crippen LogP contribution in [0.3, 0.4) is 0 Å². The molecular weight excluding hydrogens is 248 g/mol. The van der Waals surface area contributed by atoms with Crippen molar-refractivity contribution in [2.45, 2.75) is 62.2 Å². The van der Waals surface area contributed by atoms with E-state index >= 15 is 0 Å². The van der Waals surface area contributed by atoms with Crippen LogP contribution in [0.1, 0.15) is 38.5 Å². The van der Waals surface area contributed by atoms with Crippen LogP contribution in [0.5, 0.6) is 0 Å². The average molecular weight is 280 g/mol. The molecule has 0 aromatic heterocycles. The standard InChI is InChI=1S/C16H32N4/c1-18(2)15-5-4-8-20(11-15)16(12-17)9-13-6-7-14(10-16)19(13)3/h13-15H,4-12,17H2,1-3H3. The molecule has 3 fully saturated rings. The number of rotatable bonds is 3. The van der Waals surface area contributed by atoms with E-state index in [0.29, 0.717) is 6.04 Å². The van der Waals surface area contributed by atoms with Gasteiger partial charge in [0.05, 0.1) is 0 Å². The van der Waals surface area contributed by atoms with Crippen LogP contribution in [0.2, 0.25) is 0 Å². The molecule has 20 heavy (non-hydrogen) atoms. The van der Waals surface area contributed by atoms with E-state index in [1.165, 1.54) is 51.6 Å². The third-order valence-electron chi connectivity index (χ3n) is 6.39. The summed E-state index contributed by atoms with van der Waals surface area (Å²) in [5, 5.41) is 0. The minimum absolute atomic E-state index is 0.285. The van der Waals surface area contributed by atoms with Gasteiger partial charge in [-0.05, 0) is 66.2 Å². The van der Waals surface area contributed by atoms with E-state index in [9.17, 15) is 0 Å². The van der Waals surface area contributed by atoms with Crippen molar-refractivity contribution in [2.75, 3.05) is 40.8 Å². The summed E-state index contributed by atoms with van der Waals surface area (Å²) in [6, 6.07) is 2.26. The van der Waals surface area contributed by atoms with Gasteiger partial charge in [-0.1, -0.05) is 0 Å². The number of hydrogen-bond donors (Lipinski definition) is 1.